The van der Waals surface area contributed by atoms with Crippen molar-refractivity contribution < 1.29 is 23.9 Å². The van der Waals surface area contributed by atoms with Gasteiger partial charge in [0.05, 0.1) is 24.0 Å². The molecule has 1 unspecified atom stereocenters. The number of carbonyl (C=O) groups is 3. The van der Waals surface area contributed by atoms with E-state index < -0.39 is 12.1 Å². The molecule has 2 atom stereocenters. The van der Waals surface area contributed by atoms with Crippen LogP contribution in [0.25, 0.3) is 0 Å². The number of amides is 1. The third-order valence-electron chi connectivity index (χ3n) is 9.48. The Kier molecular flexibility index (Phi) is 13.6. The molecule has 1 aromatic heterocycles. The largest absolute Gasteiger partial charge is 0.461 e. The van der Waals surface area contributed by atoms with Crippen LogP contribution in [-0.2, 0) is 45.1 Å². The van der Waals surface area contributed by atoms with Gasteiger partial charge in [0.15, 0.2) is 5.78 Å². The summed E-state index contributed by atoms with van der Waals surface area (Å²) < 4.78 is 13.4. The summed E-state index contributed by atoms with van der Waals surface area (Å²) in [4.78, 5) is 44.3. The SMILES string of the molecule is CC1CCC(n2cnc(CC(CCCCC(=O)[C@H](Cc3ccccc3)NC(=O)OCc3ccccc3)C(=O)OCc3ccccc3)c2)CC1. The van der Waals surface area contributed by atoms with Crippen LogP contribution in [0.5, 0.6) is 0 Å². The fraction of sp³-hybridized carbons (Fsp3) is 0.415. The maximum absolute atomic E-state index is 13.5. The fourth-order valence-electron chi connectivity index (χ4n) is 6.49. The summed E-state index contributed by atoms with van der Waals surface area (Å²) in [7, 11) is 0. The molecular formula is C41H49N3O5. The van der Waals surface area contributed by atoms with Crippen molar-refractivity contribution in [1.82, 2.24) is 14.9 Å². The predicted octanol–water partition coefficient (Wildman–Crippen LogP) is 8.20. The first-order chi connectivity index (χ1) is 23.9. The molecule has 1 amide bonds. The second-order valence-corrected chi connectivity index (χ2v) is 13.4. The highest BCUT2D eigenvalue weighted by Gasteiger charge is 2.25. The lowest BCUT2D eigenvalue weighted by Gasteiger charge is -2.26. The monoisotopic (exact) mass is 663 g/mol. The Labute approximate surface area is 290 Å². The zero-order valence-electron chi connectivity index (χ0n) is 28.5. The Morgan fingerprint density at radius 2 is 1.37 bits per heavy atom. The summed E-state index contributed by atoms with van der Waals surface area (Å²) in [6.45, 7) is 2.66. The van der Waals surface area contributed by atoms with Crippen molar-refractivity contribution in [3.8, 4) is 0 Å². The molecule has 3 aromatic carbocycles. The highest BCUT2D eigenvalue weighted by molar-refractivity contribution is 5.87. The summed E-state index contributed by atoms with van der Waals surface area (Å²) in [6, 6.07) is 28.5. The minimum absolute atomic E-state index is 0.0655. The van der Waals surface area contributed by atoms with Gasteiger partial charge in [-0.3, -0.25) is 9.59 Å². The lowest BCUT2D eigenvalue weighted by molar-refractivity contribution is -0.150. The van der Waals surface area contributed by atoms with Gasteiger partial charge >= 0.3 is 12.1 Å². The molecule has 4 aromatic rings. The van der Waals surface area contributed by atoms with Gasteiger partial charge in [0.1, 0.15) is 13.2 Å². The normalized spacial score (nSPS) is 17.1. The number of aromatic nitrogens is 2. The first kappa shape index (κ1) is 35.6. The fourth-order valence-corrected chi connectivity index (χ4v) is 6.49. The van der Waals surface area contributed by atoms with E-state index in [1.54, 1.807) is 0 Å². The van der Waals surface area contributed by atoms with Crippen molar-refractivity contribution in [3.05, 3.63) is 126 Å². The third-order valence-corrected chi connectivity index (χ3v) is 9.48. The van der Waals surface area contributed by atoms with Crippen LogP contribution in [0.4, 0.5) is 4.79 Å². The molecule has 1 aliphatic rings. The highest BCUT2D eigenvalue weighted by atomic mass is 16.5. The van der Waals surface area contributed by atoms with Crippen LogP contribution in [0, 0.1) is 11.8 Å². The second-order valence-electron chi connectivity index (χ2n) is 13.4. The van der Waals surface area contributed by atoms with E-state index in [1.165, 1.54) is 12.8 Å². The first-order valence-corrected chi connectivity index (χ1v) is 17.7. The number of benzene rings is 3. The Hall–Kier alpha value is -4.72. The number of Topliss-reactive ketones (excluding diaryl/α,β-unsaturated/α-hetero) is 1. The second kappa shape index (κ2) is 18.7. The standard InChI is InChI=1S/C41H49N3O5/c1-31-21-23-37(24-22-31)44-27-36(42-30-44)26-35(40(46)48-28-33-15-7-3-8-16-33)19-11-12-20-39(45)38(25-32-13-5-2-6-14-32)43-41(47)49-29-34-17-9-4-10-18-34/h2-10,13-18,27,30-31,35,37-38H,11-12,19-26,28-29H2,1H3,(H,43,47)/t31?,35?,37?,38-/m0/s1. The van der Waals surface area contributed by atoms with Crippen LogP contribution in [0.2, 0.25) is 0 Å². The van der Waals surface area contributed by atoms with Crippen molar-refractivity contribution in [3.63, 3.8) is 0 Å². The van der Waals surface area contributed by atoms with Crippen LogP contribution in [0.15, 0.2) is 104 Å². The van der Waals surface area contributed by atoms with Crippen LogP contribution in [0.1, 0.15) is 86.7 Å². The van der Waals surface area contributed by atoms with Gasteiger partial charge in [-0.2, -0.15) is 0 Å². The summed E-state index contributed by atoms with van der Waals surface area (Å²) in [5.74, 6) is 0.0813. The number of hydrogen-bond acceptors (Lipinski definition) is 6. The molecular weight excluding hydrogens is 614 g/mol. The Bertz CT molecular complexity index is 1580. The average Bonchev–Trinajstić information content (AvgIpc) is 3.60. The maximum atomic E-state index is 13.5. The van der Waals surface area contributed by atoms with E-state index in [2.05, 4.69) is 28.0 Å². The van der Waals surface area contributed by atoms with Crippen LogP contribution in [0.3, 0.4) is 0 Å². The predicted molar refractivity (Wildman–Crippen MR) is 189 cm³/mol. The molecule has 1 fully saturated rings. The van der Waals surface area contributed by atoms with Gasteiger partial charge in [-0.25, -0.2) is 9.78 Å². The smallest absolute Gasteiger partial charge is 0.408 e. The molecule has 0 spiro atoms. The summed E-state index contributed by atoms with van der Waals surface area (Å²) in [5.41, 5.74) is 3.65. The average molecular weight is 664 g/mol. The molecule has 1 saturated carbocycles. The molecule has 0 radical (unpaired) electrons. The van der Waals surface area contributed by atoms with E-state index in [-0.39, 0.29) is 37.3 Å². The number of rotatable bonds is 17. The molecule has 1 heterocycles. The Balaban J connectivity index is 1.17. The highest BCUT2D eigenvalue weighted by Crippen LogP contribution is 2.32. The van der Waals surface area contributed by atoms with Gasteiger partial charge in [-0.05, 0) is 67.6 Å². The van der Waals surface area contributed by atoms with Gasteiger partial charge in [-0.15, -0.1) is 0 Å². The molecule has 1 N–H and O–H groups in total. The van der Waals surface area contributed by atoms with Gasteiger partial charge in [-0.1, -0.05) is 104 Å². The number of imidazole rings is 1. The number of nitrogens with zero attached hydrogens (tertiary/aromatic N) is 2. The number of unbranched alkanes of at least 4 members (excludes halogenated alkanes) is 1. The van der Waals surface area contributed by atoms with Gasteiger partial charge in [0, 0.05) is 25.1 Å². The molecule has 1 aliphatic carbocycles. The Morgan fingerprint density at radius 3 is 2.00 bits per heavy atom. The molecule has 0 saturated heterocycles. The van der Waals surface area contributed by atoms with E-state index in [1.807, 2.05) is 97.3 Å². The van der Waals surface area contributed by atoms with Crippen molar-refractivity contribution in [2.45, 2.75) is 96.4 Å². The van der Waals surface area contributed by atoms with E-state index in [9.17, 15) is 14.4 Å². The van der Waals surface area contributed by atoms with Crippen molar-refractivity contribution >= 4 is 17.8 Å². The zero-order valence-corrected chi connectivity index (χ0v) is 28.5. The lowest BCUT2D eigenvalue weighted by atomic mass is 9.87. The molecule has 49 heavy (non-hydrogen) atoms. The number of ketones is 1. The van der Waals surface area contributed by atoms with Crippen molar-refractivity contribution in [1.29, 1.82) is 0 Å². The van der Waals surface area contributed by atoms with Crippen LogP contribution < -0.4 is 5.32 Å². The van der Waals surface area contributed by atoms with E-state index >= 15 is 0 Å². The van der Waals surface area contributed by atoms with Crippen LogP contribution >= 0.6 is 0 Å². The minimum atomic E-state index is -0.718. The van der Waals surface area contributed by atoms with Crippen molar-refractivity contribution in [2.75, 3.05) is 0 Å². The third kappa shape index (κ3) is 11.7. The molecule has 8 heteroatoms. The van der Waals surface area contributed by atoms with Gasteiger partial charge < -0.3 is 19.4 Å². The van der Waals surface area contributed by atoms with Gasteiger partial charge in [0.25, 0.3) is 0 Å². The lowest BCUT2D eigenvalue weighted by Crippen LogP contribution is -2.42. The number of carbonyl (C=O) groups excluding carboxylic acids is 3. The zero-order chi connectivity index (χ0) is 34.3. The number of hydrogen-bond donors (Lipinski definition) is 1. The van der Waals surface area contributed by atoms with Gasteiger partial charge in [0.2, 0.25) is 0 Å². The quantitative estimate of drug-likeness (QED) is 0.0903. The van der Waals surface area contributed by atoms with Crippen molar-refractivity contribution in [2.24, 2.45) is 11.8 Å². The first-order valence-electron chi connectivity index (χ1n) is 17.7. The van der Waals surface area contributed by atoms with E-state index in [4.69, 9.17) is 9.47 Å². The number of alkyl carbamates (subject to hydrolysis) is 1. The van der Waals surface area contributed by atoms with E-state index in [0.29, 0.717) is 38.1 Å². The van der Waals surface area contributed by atoms with Crippen LogP contribution in [-0.4, -0.2) is 33.4 Å². The molecule has 0 bridgehead atoms. The summed E-state index contributed by atoms with van der Waals surface area (Å²) in [6.07, 6.45) is 11.1. The number of nitrogens with one attached hydrogen (secondary N) is 1. The number of esters is 1. The minimum Gasteiger partial charge on any atom is -0.461 e. The number of ether oxygens (including phenoxy) is 2. The molecule has 0 aliphatic heterocycles. The molecule has 5 rings (SSSR count). The molecule has 8 nitrogen and oxygen atoms in total. The summed E-state index contributed by atoms with van der Waals surface area (Å²) in [5, 5.41) is 2.80. The van der Waals surface area contributed by atoms with E-state index in [0.717, 1.165) is 41.1 Å². The maximum Gasteiger partial charge on any atom is 0.408 e. The topological polar surface area (TPSA) is 99.5 Å². The Morgan fingerprint density at radius 1 is 0.776 bits per heavy atom. The molecule has 258 valence electrons. The summed E-state index contributed by atoms with van der Waals surface area (Å²) >= 11 is 0.